The van der Waals surface area contributed by atoms with Crippen molar-refractivity contribution in [2.75, 3.05) is 0 Å². The summed E-state index contributed by atoms with van der Waals surface area (Å²) < 4.78 is 0. The van der Waals surface area contributed by atoms with Crippen LogP contribution in [0.3, 0.4) is 0 Å². The van der Waals surface area contributed by atoms with Crippen molar-refractivity contribution in [3.63, 3.8) is 0 Å². The SMILES string of the molecule is O=c1[nH]cc(Cc2ccc(Cl)cc2)c(=O)[nH]1. The Morgan fingerprint density at radius 3 is 2.44 bits per heavy atom. The van der Waals surface area contributed by atoms with Crippen molar-refractivity contribution in [3.8, 4) is 0 Å². The highest BCUT2D eigenvalue weighted by Gasteiger charge is 2.01. The molecule has 0 atom stereocenters. The van der Waals surface area contributed by atoms with E-state index in [4.69, 9.17) is 11.6 Å². The van der Waals surface area contributed by atoms with E-state index in [9.17, 15) is 9.59 Å². The molecule has 0 unspecified atom stereocenters. The van der Waals surface area contributed by atoms with Crippen LogP contribution in [0.5, 0.6) is 0 Å². The van der Waals surface area contributed by atoms with Gasteiger partial charge in [-0.25, -0.2) is 4.79 Å². The number of halogens is 1. The van der Waals surface area contributed by atoms with E-state index in [0.717, 1.165) is 5.56 Å². The molecule has 2 rings (SSSR count). The summed E-state index contributed by atoms with van der Waals surface area (Å²) in [6.45, 7) is 0. The third-order valence-electron chi connectivity index (χ3n) is 2.20. The minimum absolute atomic E-state index is 0.362. The fraction of sp³-hybridized carbons (Fsp3) is 0.0909. The molecule has 0 bridgehead atoms. The van der Waals surface area contributed by atoms with Crippen LogP contribution in [-0.4, -0.2) is 9.97 Å². The van der Waals surface area contributed by atoms with E-state index in [1.54, 1.807) is 12.1 Å². The van der Waals surface area contributed by atoms with Gasteiger partial charge in [0.2, 0.25) is 0 Å². The van der Waals surface area contributed by atoms with Crippen molar-refractivity contribution in [1.29, 1.82) is 0 Å². The summed E-state index contributed by atoms with van der Waals surface area (Å²) in [5.74, 6) is 0. The average Bonchev–Trinajstić information content (AvgIpc) is 2.25. The van der Waals surface area contributed by atoms with Gasteiger partial charge in [-0.05, 0) is 17.7 Å². The lowest BCUT2D eigenvalue weighted by Crippen LogP contribution is -2.24. The molecule has 1 heterocycles. The number of hydrogen-bond acceptors (Lipinski definition) is 2. The summed E-state index contributed by atoms with van der Waals surface area (Å²) in [4.78, 5) is 26.8. The number of benzene rings is 1. The molecule has 82 valence electrons. The Labute approximate surface area is 95.9 Å². The maximum Gasteiger partial charge on any atom is 0.325 e. The summed E-state index contributed by atoms with van der Waals surface area (Å²) in [5, 5.41) is 0.652. The van der Waals surface area contributed by atoms with Crippen LogP contribution >= 0.6 is 11.6 Å². The molecule has 1 aromatic carbocycles. The second-order valence-electron chi connectivity index (χ2n) is 3.40. The molecule has 5 heteroatoms. The van der Waals surface area contributed by atoms with Gasteiger partial charge in [-0.2, -0.15) is 0 Å². The lowest BCUT2D eigenvalue weighted by Gasteiger charge is -2.00. The minimum Gasteiger partial charge on any atom is -0.314 e. The van der Waals surface area contributed by atoms with Gasteiger partial charge in [0.25, 0.3) is 5.56 Å². The number of nitrogens with one attached hydrogen (secondary N) is 2. The van der Waals surface area contributed by atoms with E-state index in [1.807, 2.05) is 12.1 Å². The van der Waals surface area contributed by atoms with Gasteiger partial charge >= 0.3 is 5.69 Å². The molecule has 0 fully saturated rings. The van der Waals surface area contributed by atoms with Crippen molar-refractivity contribution < 1.29 is 0 Å². The fourth-order valence-electron chi connectivity index (χ4n) is 1.39. The lowest BCUT2D eigenvalue weighted by atomic mass is 10.1. The van der Waals surface area contributed by atoms with E-state index >= 15 is 0 Å². The highest BCUT2D eigenvalue weighted by Crippen LogP contribution is 2.11. The monoisotopic (exact) mass is 236 g/mol. The molecular weight excluding hydrogens is 228 g/mol. The summed E-state index contributed by atoms with van der Waals surface area (Å²) in [5.41, 5.74) is 0.618. The van der Waals surface area contributed by atoms with Gasteiger partial charge in [-0.1, -0.05) is 23.7 Å². The predicted molar refractivity (Wildman–Crippen MR) is 61.9 cm³/mol. The van der Waals surface area contributed by atoms with Crippen LogP contribution in [0.2, 0.25) is 5.02 Å². The number of aromatic nitrogens is 2. The Hall–Kier alpha value is -1.81. The molecular formula is C11H9ClN2O2. The number of aromatic amines is 2. The van der Waals surface area contributed by atoms with Gasteiger partial charge in [-0.15, -0.1) is 0 Å². The van der Waals surface area contributed by atoms with Crippen LogP contribution in [0.25, 0.3) is 0 Å². The van der Waals surface area contributed by atoms with Crippen LogP contribution in [0.15, 0.2) is 40.1 Å². The topological polar surface area (TPSA) is 65.7 Å². The van der Waals surface area contributed by atoms with E-state index in [1.165, 1.54) is 6.20 Å². The Morgan fingerprint density at radius 2 is 1.81 bits per heavy atom. The van der Waals surface area contributed by atoms with Gasteiger partial charge in [0.05, 0.1) is 0 Å². The van der Waals surface area contributed by atoms with Crippen LogP contribution in [0.1, 0.15) is 11.1 Å². The molecule has 1 aromatic heterocycles. The Bertz CT molecular complexity index is 598. The smallest absolute Gasteiger partial charge is 0.314 e. The third kappa shape index (κ3) is 2.41. The Morgan fingerprint density at radius 1 is 1.12 bits per heavy atom. The van der Waals surface area contributed by atoms with E-state index in [-0.39, 0.29) is 5.56 Å². The number of rotatable bonds is 2. The standard InChI is InChI=1S/C11H9ClN2O2/c12-9-3-1-7(2-4-9)5-8-6-13-11(16)14-10(8)15/h1-4,6H,5H2,(H2,13,14,15,16). The van der Waals surface area contributed by atoms with Gasteiger partial charge in [0, 0.05) is 23.2 Å². The molecule has 0 aliphatic rings. The molecule has 0 amide bonds. The van der Waals surface area contributed by atoms with Crippen molar-refractivity contribution in [1.82, 2.24) is 9.97 Å². The average molecular weight is 237 g/mol. The molecule has 0 aliphatic heterocycles. The second-order valence-corrected chi connectivity index (χ2v) is 3.84. The first kappa shape index (κ1) is 10.7. The first-order valence-corrected chi connectivity index (χ1v) is 5.08. The number of hydrogen-bond donors (Lipinski definition) is 2. The number of H-pyrrole nitrogens is 2. The second kappa shape index (κ2) is 4.37. The Balaban J connectivity index is 2.30. The van der Waals surface area contributed by atoms with Crippen LogP contribution in [0.4, 0.5) is 0 Å². The lowest BCUT2D eigenvalue weighted by molar-refractivity contribution is 0.975. The summed E-state index contributed by atoms with van der Waals surface area (Å²) >= 11 is 5.75. The quantitative estimate of drug-likeness (QED) is 0.826. The van der Waals surface area contributed by atoms with Crippen LogP contribution in [-0.2, 0) is 6.42 Å². The molecule has 2 N–H and O–H groups in total. The fourth-order valence-corrected chi connectivity index (χ4v) is 1.52. The van der Waals surface area contributed by atoms with E-state index in [2.05, 4.69) is 9.97 Å². The summed E-state index contributed by atoms with van der Waals surface area (Å²) in [7, 11) is 0. The zero-order valence-corrected chi connectivity index (χ0v) is 9.04. The highest BCUT2D eigenvalue weighted by atomic mass is 35.5. The van der Waals surface area contributed by atoms with Crippen LogP contribution in [0, 0.1) is 0 Å². The van der Waals surface area contributed by atoms with Crippen LogP contribution < -0.4 is 11.2 Å². The minimum atomic E-state index is -0.496. The molecule has 4 nitrogen and oxygen atoms in total. The van der Waals surface area contributed by atoms with Gasteiger partial charge in [0.15, 0.2) is 0 Å². The predicted octanol–water partition coefficient (Wildman–Crippen LogP) is 1.31. The first-order valence-electron chi connectivity index (χ1n) is 4.70. The van der Waals surface area contributed by atoms with Gasteiger partial charge < -0.3 is 4.98 Å². The largest absolute Gasteiger partial charge is 0.325 e. The molecule has 0 saturated heterocycles. The Kier molecular flexibility index (Phi) is 2.92. The third-order valence-corrected chi connectivity index (χ3v) is 2.46. The van der Waals surface area contributed by atoms with Gasteiger partial charge in [-0.3, -0.25) is 9.78 Å². The molecule has 2 aromatic rings. The van der Waals surface area contributed by atoms with E-state index < -0.39 is 5.69 Å². The summed E-state index contributed by atoms with van der Waals surface area (Å²) in [6, 6.07) is 7.20. The van der Waals surface area contributed by atoms with Crippen molar-refractivity contribution >= 4 is 11.6 Å². The molecule has 0 spiro atoms. The first-order chi connectivity index (χ1) is 7.65. The molecule has 0 aliphatic carbocycles. The molecule has 0 radical (unpaired) electrons. The normalized spacial score (nSPS) is 10.3. The van der Waals surface area contributed by atoms with Gasteiger partial charge in [0.1, 0.15) is 0 Å². The maximum atomic E-state index is 11.4. The van der Waals surface area contributed by atoms with Crippen molar-refractivity contribution in [2.24, 2.45) is 0 Å². The zero-order valence-electron chi connectivity index (χ0n) is 8.29. The zero-order chi connectivity index (χ0) is 11.5. The van der Waals surface area contributed by atoms with Crippen molar-refractivity contribution in [2.45, 2.75) is 6.42 Å². The highest BCUT2D eigenvalue weighted by molar-refractivity contribution is 6.30. The molecule has 16 heavy (non-hydrogen) atoms. The summed E-state index contributed by atoms with van der Waals surface area (Å²) in [6.07, 6.45) is 1.89. The maximum absolute atomic E-state index is 11.4. The van der Waals surface area contributed by atoms with Crippen molar-refractivity contribution in [3.05, 3.63) is 67.4 Å². The molecule has 0 saturated carbocycles. The van der Waals surface area contributed by atoms with E-state index in [0.29, 0.717) is 17.0 Å².